The fourth-order valence-corrected chi connectivity index (χ4v) is 1.05. The molecule has 1 amide bonds. The van der Waals surface area contributed by atoms with Gasteiger partial charge in [0.15, 0.2) is 5.84 Å². The molecule has 0 bridgehead atoms. The molecule has 0 unspecified atom stereocenters. The lowest BCUT2D eigenvalue weighted by Gasteiger charge is -2.24. The third-order valence-electron chi connectivity index (χ3n) is 2.13. The number of hydrogen-bond donors (Lipinski definition) is 3. The molecule has 6 nitrogen and oxygen atoms in total. The van der Waals surface area contributed by atoms with Crippen LogP contribution < -0.4 is 11.1 Å². The fourth-order valence-electron chi connectivity index (χ4n) is 1.05. The lowest BCUT2D eigenvalue weighted by molar-refractivity contribution is 0.0925. The van der Waals surface area contributed by atoms with Crippen LogP contribution in [-0.2, 0) is 0 Å². The molecule has 0 aliphatic carbocycles. The maximum atomic E-state index is 12.6. The Hall–Kier alpha value is -2.18. The van der Waals surface area contributed by atoms with Crippen molar-refractivity contribution < 1.29 is 14.4 Å². The van der Waals surface area contributed by atoms with Gasteiger partial charge in [-0.3, -0.25) is 4.79 Å². The number of aromatic nitrogens is 1. The highest BCUT2D eigenvalue weighted by molar-refractivity contribution is 5.98. The molecule has 0 atom stereocenters. The molecule has 1 aromatic heterocycles. The number of halogens is 1. The number of nitrogens with zero attached hydrogens (tertiary/aromatic N) is 2. The summed E-state index contributed by atoms with van der Waals surface area (Å²) in [5.74, 6) is -1.22. The molecule has 0 saturated carbocycles. The van der Waals surface area contributed by atoms with Crippen LogP contribution in [0, 0.1) is 5.82 Å². The molecule has 0 radical (unpaired) electrons. The van der Waals surface area contributed by atoms with E-state index in [0.717, 1.165) is 12.3 Å². The van der Waals surface area contributed by atoms with Crippen molar-refractivity contribution in [2.45, 2.75) is 19.4 Å². The molecule has 0 fully saturated rings. The summed E-state index contributed by atoms with van der Waals surface area (Å²) in [5.41, 5.74) is 4.43. The first kappa shape index (κ1) is 12.9. The number of nitrogens with one attached hydrogen (secondary N) is 1. The van der Waals surface area contributed by atoms with Gasteiger partial charge in [-0.2, -0.15) is 0 Å². The van der Waals surface area contributed by atoms with E-state index in [2.05, 4.69) is 15.5 Å². The van der Waals surface area contributed by atoms with Crippen molar-refractivity contribution in [3.63, 3.8) is 0 Å². The second-order valence-corrected chi connectivity index (χ2v) is 3.93. The van der Waals surface area contributed by atoms with E-state index in [-0.39, 0.29) is 11.5 Å². The first-order chi connectivity index (χ1) is 7.86. The third-order valence-corrected chi connectivity index (χ3v) is 2.13. The predicted molar refractivity (Wildman–Crippen MR) is 59.1 cm³/mol. The van der Waals surface area contributed by atoms with Crippen LogP contribution in [0.3, 0.4) is 0 Å². The van der Waals surface area contributed by atoms with Crippen LogP contribution in [0.25, 0.3) is 0 Å². The molecule has 7 heteroatoms. The Labute approximate surface area is 97.3 Å². The van der Waals surface area contributed by atoms with Gasteiger partial charge >= 0.3 is 0 Å². The van der Waals surface area contributed by atoms with Crippen LogP contribution in [0.15, 0.2) is 23.5 Å². The molecule has 0 aliphatic heterocycles. The maximum Gasteiger partial charge on any atom is 0.270 e. The van der Waals surface area contributed by atoms with Crippen molar-refractivity contribution in [1.82, 2.24) is 10.3 Å². The SMILES string of the molecule is CC(C)(NC(=O)c1ccc(F)cn1)/C(N)=N/O. The lowest BCUT2D eigenvalue weighted by Crippen LogP contribution is -2.53. The van der Waals surface area contributed by atoms with Gasteiger partial charge in [0.2, 0.25) is 0 Å². The Bertz CT molecular complexity index is 442. The Balaban J connectivity index is 2.83. The first-order valence-corrected chi connectivity index (χ1v) is 4.79. The Morgan fingerprint density at radius 2 is 2.24 bits per heavy atom. The van der Waals surface area contributed by atoms with Gasteiger partial charge in [-0.15, -0.1) is 0 Å². The maximum absolute atomic E-state index is 12.6. The summed E-state index contributed by atoms with van der Waals surface area (Å²) >= 11 is 0. The number of rotatable bonds is 3. The highest BCUT2D eigenvalue weighted by Crippen LogP contribution is 2.05. The fraction of sp³-hybridized carbons (Fsp3) is 0.300. The zero-order valence-electron chi connectivity index (χ0n) is 9.44. The Morgan fingerprint density at radius 1 is 1.59 bits per heavy atom. The number of nitrogens with two attached hydrogens (primary N) is 1. The number of amidine groups is 1. The molecule has 4 N–H and O–H groups in total. The zero-order valence-corrected chi connectivity index (χ0v) is 9.44. The Kier molecular flexibility index (Phi) is 3.62. The molecule has 1 aromatic rings. The summed E-state index contributed by atoms with van der Waals surface area (Å²) in [4.78, 5) is 15.3. The summed E-state index contributed by atoms with van der Waals surface area (Å²) < 4.78 is 12.6. The van der Waals surface area contributed by atoms with Gasteiger partial charge in [0.05, 0.1) is 11.7 Å². The summed E-state index contributed by atoms with van der Waals surface area (Å²) in [7, 11) is 0. The predicted octanol–water partition coefficient (Wildman–Crippen LogP) is 0.475. The van der Waals surface area contributed by atoms with Crippen LogP contribution >= 0.6 is 0 Å². The minimum atomic E-state index is -1.03. The normalized spacial score (nSPS) is 12.3. The number of pyridine rings is 1. The van der Waals surface area contributed by atoms with E-state index in [1.165, 1.54) is 6.07 Å². The van der Waals surface area contributed by atoms with Gasteiger partial charge in [-0.05, 0) is 26.0 Å². The van der Waals surface area contributed by atoms with Crippen molar-refractivity contribution in [2.24, 2.45) is 10.9 Å². The Morgan fingerprint density at radius 3 is 2.71 bits per heavy atom. The summed E-state index contributed by atoms with van der Waals surface area (Å²) in [5, 5.41) is 13.9. The van der Waals surface area contributed by atoms with Crippen LogP contribution in [0.2, 0.25) is 0 Å². The molecule has 1 heterocycles. The summed E-state index contributed by atoms with van der Waals surface area (Å²) in [6.45, 7) is 3.12. The molecular formula is C10H13FN4O2. The van der Waals surface area contributed by atoms with E-state index < -0.39 is 17.3 Å². The number of amides is 1. The average Bonchev–Trinajstić information content (AvgIpc) is 2.28. The number of carbonyl (C=O) groups is 1. The van der Waals surface area contributed by atoms with Crippen LogP contribution in [-0.4, -0.2) is 27.5 Å². The van der Waals surface area contributed by atoms with Gasteiger partial charge in [0.1, 0.15) is 11.5 Å². The second kappa shape index (κ2) is 4.77. The minimum absolute atomic E-state index is 0.0465. The van der Waals surface area contributed by atoms with Crippen molar-refractivity contribution in [2.75, 3.05) is 0 Å². The highest BCUT2D eigenvalue weighted by Gasteiger charge is 2.26. The summed E-state index contributed by atoms with van der Waals surface area (Å²) in [6, 6.07) is 2.37. The number of carbonyl (C=O) groups excluding carboxylic acids is 1. The first-order valence-electron chi connectivity index (χ1n) is 4.79. The number of oxime groups is 1. The third kappa shape index (κ3) is 3.13. The molecule has 92 valence electrons. The van der Waals surface area contributed by atoms with Crippen LogP contribution in [0.1, 0.15) is 24.3 Å². The van der Waals surface area contributed by atoms with Crippen LogP contribution in [0.5, 0.6) is 0 Å². The average molecular weight is 240 g/mol. The van der Waals surface area contributed by atoms with E-state index in [1.54, 1.807) is 13.8 Å². The quantitative estimate of drug-likeness (QED) is 0.309. The van der Waals surface area contributed by atoms with Gasteiger partial charge < -0.3 is 16.3 Å². The molecule has 1 rings (SSSR count). The van der Waals surface area contributed by atoms with E-state index in [0.29, 0.717) is 0 Å². The van der Waals surface area contributed by atoms with Gasteiger partial charge in [-0.25, -0.2) is 9.37 Å². The molecule has 0 aliphatic rings. The minimum Gasteiger partial charge on any atom is -0.409 e. The standard InChI is InChI=1S/C10H13FN4O2/c1-10(2,9(12)15-17)14-8(16)7-4-3-6(11)5-13-7/h3-5,17H,1-2H3,(H2,12,15)(H,14,16). The monoisotopic (exact) mass is 240 g/mol. The molecular weight excluding hydrogens is 227 g/mol. The van der Waals surface area contributed by atoms with Crippen molar-refractivity contribution in [3.05, 3.63) is 29.8 Å². The summed E-state index contributed by atoms with van der Waals surface area (Å²) in [6.07, 6.45) is 0.936. The smallest absolute Gasteiger partial charge is 0.270 e. The highest BCUT2D eigenvalue weighted by atomic mass is 19.1. The lowest BCUT2D eigenvalue weighted by atomic mass is 10.0. The molecule has 0 saturated heterocycles. The van der Waals surface area contributed by atoms with Crippen molar-refractivity contribution in [3.8, 4) is 0 Å². The van der Waals surface area contributed by atoms with E-state index in [1.807, 2.05) is 0 Å². The largest absolute Gasteiger partial charge is 0.409 e. The second-order valence-electron chi connectivity index (χ2n) is 3.93. The molecule has 0 spiro atoms. The van der Waals surface area contributed by atoms with Gasteiger partial charge in [0.25, 0.3) is 5.91 Å². The van der Waals surface area contributed by atoms with E-state index >= 15 is 0 Å². The van der Waals surface area contributed by atoms with E-state index in [4.69, 9.17) is 10.9 Å². The van der Waals surface area contributed by atoms with E-state index in [9.17, 15) is 9.18 Å². The van der Waals surface area contributed by atoms with Gasteiger partial charge in [0, 0.05) is 0 Å². The van der Waals surface area contributed by atoms with Gasteiger partial charge in [-0.1, -0.05) is 5.16 Å². The molecule has 0 aromatic carbocycles. The number of hydrogen-bond acceptors (Lipinski definition) is 4. The van der Waals surface area contributed by atoms with Crippen LogP contribution in [0.4, 0.5) is 4.39 Å². The topological polar surface area (TPSA) is 101 Å². The molecule has 17 heavy (non-hydrogen) atoms. The van der Waals surface area contributed by atoms with Crippen molar-refractivity contribution >= 4 is 11.7 Å². The zero-order chi connectivity index (χ0) is 13.1. The van der Waals surface area contributed by atoms with Crippen molar-refractivity contribution in [1.29, 1.82) is 0 Å².